The summed E-state index contributed by atoms with van der Waals surface area (Å²) in [5.41, 5.74) is 3.84. The van der Waals surface area contributed by atoms with Crippen molar-refractivity contribution in [1.29, 1.82) is 0 Å². The number of carbonyl (C=O) groups is 2. The van der Waals surface area contributed by atoms with Crippen LogP contribution in [0.2, 0.25) is 0 Å². The van der Waals surface area contributed by atoms with Gasteiger partial charge in [0.2, 0.25) is 0 Å². The highest BCUT2D eigenvalue weighted by atomic mass is 16.7. The Balaban J connectivity index is 0.00000145. The Bertz CT molecular complexity index is 1860. The number of hydrogen-bond donors (Lipinski definition) is 2. The minimum absolute atomic E-state index is 0.0674. The summed E-state index contributed by atoms with van der Waals surface area (Å²) in [4.78, 5) is 27.6. The Morgan fingerprint density at radius 3 is 1.71 bits per heavy atom. The smallest absolute Gasteiger partial charge is 0.342 e. The van der Waals surface area contributed by atoms with E-state index < -0.39 is 11.8 Å². The lowest BCUT2D eigenvalue weighted by atomic mass is 9.99. The fourth-order valence-corrected chi connectivity index (χ4v) is 5.33. The predicted molar refractivity (Wildman–Crippen MR) is 187 cm³/mol. The van der Waals surface area contributed by atoms with Gasteiger partial charge in [0.05, 0.1) is 19.2 Å². The van der Waals surface area contributed by atoms with Crippen LogP contribution in [0.1, 0.15) is 34.7 Å². The Hall–Kier alpha value is -5.92. The van der Waals surface area contributed by atoms with E-state index in [9.17, 15) is 9.59 Å². The van der Waals surface area contributed by atoms with Crippen LogP contribution in [-0.4, -0.2) is 37.2 Å². The van der Waals surface area contributed by atoms with E-state index in [2.05, 4.69) is 5.32 Å². The summed E-state index contributed by atoms with van der Waals surface area (Å²) in [5, 5.41) is 10.6. The number of rotatable bonds is 8. The van der Waals surface area contributed by atoms with Gasteiger partial charge < -0.3 is 24.6 Å². The van der Waals surface area contributed by atoms with Gasteiger partial charge in [-0.05, 0) is 18.1 Å². The molecule has 0 aliphatic carbocycles. The van der Waals surface area contributed by atoms with Crippen molar-refractivity contribution in [3.63, 3.8) is 0 Å². The summed E-state index contributed by atoms with van der Waals surface area (Å²) in [5.74, 6) is -1.93. The van der Waals surface area contributed by atoms with Crippen LogP contribution in [0.5, 0.6) is 0 Å². The summed E-state index contributed by atoms with van der Waals surface area (Å²) in [7, 11) is 1.34. The van der Waals surface area contributed by atoms with Gasteiger partial charge in [0, 0.05) is 23.3 Å². The molecule has 6 rings (SSSR count). The van der Waals surface area contributed by atoms with Crippen LogP contribution >= 0.6 is 0 Å². The Morgan fingerprint density at radius 2 is 1.19 bits per heavy atom. The van der Waals surface area contributed by atoms with Gasteiger partial charge in [-0.15, -0.1) is 0 Å². The minimum atomic E-state index is -1.61. The average Bonchev–Trinajstić information content (AvgIpc) is 3.30. The quantitative estimate of drug-likeness (QED) is 0.0801. The Morgan fingerprint density at radius 1 is 0.729 bits per heavy atom. The van der Waals surface area contributed by atoms with Gasteiger partial charge in [0.15, 0.2) is 0 Å². The fourth-order valence-electron chi connectivity index (χ4n) is 5.33. The van der Waals surface area contributed by atoms with E-state index in [0.29, 0.717) is 39.1 Å². The number of amides is 1. The minimum Gasteiger partial charge on any atom is -0.465 e. The highest BCUT2D eigenvalue weighted by molar-refractivity contribution is 6.26. The van der Waals surface area contributed by atoms with Crippen LogP contribution in [0.25, 0.3) is 22.7 Å². The van der Waals surface area contributed by atoms with Crippen molar-refractivity contribution in [2.75, 3.05) is 20.3 Å². The summed E-state index contributed by atoms with van der Waals surface area (Å²) in [6.07, 6.45) is 0. The number of ether oxygens (including phenoxy) is 3. The number of aliphatic hydroxyl groups excluding tert-OH is 1. The molecule has 242 valence electrons. The van der Waals surface area contributed by atoms with Crippen molar-refractivity contribution in [3.8, 4) is 0 Å². The molecule has 1 aliphatic heterocycles. The SMILES string of the molecule is CCO.COC(=O)/C(=C(\O[C@@]1(c2ccccc2)CNC(=O)C(c2ccccc2)=C(c2ccccc2)O1)c1ccccc1)c1ccccc1. The molecule has 0 radical (unpaired) electrons. The second-order valence-electron chi connectivity index (χ2n) is 10.7. The average molecular weight is 640 g/mol. The normalized spacial score (nSPS) is 16.2. The van der Waals surface area contributed by atoms with Crippen molar-refractivity contribution >= 4 is 34.5 Å². The third-order valence-corrected chi connectivity index (χ3v) is 7.50. The van der Waals surface area contributed by atoms with Gasteiger partial charge in [-0.1, -0.05) is 152 Å². The summed E-state index contributed by atoms with van der Waals surface area (Å²) >= 11 is 0. The molecule has 2 N–H and O–H groups in total. The van der Waals surface area contributed by atoms with Crippen molar-refractivity contribution in [2.24, 2.45) is 0 Å². The number of methoxy groups -OCH3 is 1. The van der Waals surface area contributed by atoms with Gasteiger partial charge in [-0.25, -0.2) is 4.79 Å². The number of carbonyl (C=O) groups excluding carboxylic acids is 2. The zero-order chi connectivity index (χ0) is 33.8. The molecule has 1 atom stereocenters. The maximum atomic E-state index is 14.0. The van der Waals surface area contributed by atoms with Crippen molar-refractivity contribution in [3.05, 3.63) is 179 Å². The maximum absolute atomic E-state index is 14.0. The Kier molecular flexibility index (Phi) is 11.2. The second kappa shape index (κ2) is 16.1. The monoisotopic (exact) mass is 639 g/mol. The molecule has 0 unspecified atom stereocenters. The molecule has 7 nitrogen and oxygen atoms in total. The van der Waals surface area contributed by atoms with Gasteiger partial charge in [-0.2, -0.15) is 0 Å². The lowest BCUT2D eigenvalue weighted by Crippen LogP contribution is -2.42. The molecule has 0 bridgehead atoms. The summed E-state index contributed by atoms with van der Waals surface area (Å²) < 4.78 is 19.4. The van der Waals surface area contributed by atoms with Gasteiger partial charge in [-0.3, -0.25) is 4.79 Å². The first-order chi connectivity index (χ1) is 23.5. The largest absolute Gasteiger partial charge is 0.465 e. The maximum Gasteiger partial charge on any atom is 0.342 e. The van der Waals surface area contributed by atoms with Crippen LogP contribution in [0.15, 0.2) is 152 Å². The molecule has 1 amide bonds. The zero-order valence-electron chi connectivity index (χ0n) is 26.8. The standard InChI is InChI=1S/C39H31NO5.C2H6O/c1-43-38(42)34(29-19-9-3-10-20-29)36(31-23-13-5-14-24-31)45-39(32-25-15-6-16-26-32)27-40-37(41)33(28-17-7-2-8-18-28)35(44-39)30-21-11-4-12-22-30;1-2-3/h2-26H,27H2,1H3,(H,40,41);3H,2H2,1H3/b36-34-;/t39-;/m1./s1. The molecule has 7 heteroatoms. The molecular formula is C41H37NO6. The third kappa shape index (κ3) is 7.54. The number of benzene rings is 5. The highest BCUT2D eigenvalue weighted by Crippen LogP contribution is 2.43. The van der Waals surface area contributed by atoms with E-state index in [1.54, 1.807) is 6.92 Å². The second-order valence-corrected chi connectivity index (χ2v) is 10.7. The van der Waals surface area contributed by atoms with Gasteiger partial charge in [0.1, 0.15) is 17.1 Å². The van der Waals surface area contributed by atoms with Crippen molar-refractivity contribution in [2.45, 2.75) is 12.7 Å². The molecule has 0 saturated carbocycles. The van der Waals surface area contributed by atoms with E-state index >= 15 is 0 Å². The van der Waals surface area contributed by atoms with Crippen LogP contribution in [0, 0.1) is 0 Å². The van der Waals surface area contributed by atoms with E-state index in [-0.39, 0.29) is 30.4 Å². The molecule has 5 aromatic carbocycles. The van der Waals surface area contributed by atoms with Crippen molar-refractivity contribution in [1.82, 2.24) is 5.32 Å². The van der Waals surface area contributed by atoms with E-state index in [1.165, 1.54) is 7.11 Å². The zero-order valence-corrected chi connectivity index (χ0v) is 26.8. The first-order valence-electron chi connectivity index (χ1n) is 15.6. The van der Waals surface area contributed by atoms with Crippen LogP contribution in [0.3, 0.4) is 0 Å². The highest BCUT2D eigenvalue weighted by Gasteiger charge is 2.44. The lowest BCUT2D eigenvalue weighted by molar-refractivity contribution is -0.157. The predicted octanol–water partition coefficient (Wildman–Crippen LogP) is 7.31. The molecule has 48 heavy (non-hydrogen) atoms. The third-order valence-electron chi connectivity index (χ3n) is 7.50. The number of hydrogen-bond acceptors (Lipinski definition) is 6. The Labute approximate surface area is 280 Å². The summed E-state index contributed by atoms with van der Waals surface area (Å²) in [6, 6.07) is 46.8. The number of aliphatic hydroxyl groups is 1. The van der Waals surface area contributed by atoms with Crippen molar-refractivity contribution < 1.29 is 28.9 Å². The van der Waals surface area contributed by atoms with Crippen LogP contribution < -0.4 is 5.32 Å². The van der Waals surface area contributed by atoms with E-state index in [0.717, 1.165) is 0 Å². The molecule has 5 aromatic rings. The first kappa shape index (κ1) is 33.4. The fraction of sp³-hybridized carbons (Fsp3) is 0.122. The topological polar surface area (TPSA) is 94.1 Å². The molecule has 0 saturated heterocycles. The van der Waals surface area contributed by atoms with Gasteiger partial charge in [0.25, 0.3) is 11.7 Å². The van der Waals surface area contributed by atoms with E-state index in [4.69, 9.17) is 19.3 Å². The number of esters is 1. The lowest BCUT2D eigenvalue weighted by Gasteiger charge is -2.36. The molecule has 0 spiro atoms. The molecule has 0 aromatic heterocycles. The van der Waals surface area contributed by atoms with Gasteiger partial charge >= 0.3 is 5.97 Å². The summed E-state index contributed by atoms with van der Waals surface area (Å²) in [6.45, 7) is 1.86. The van der Waals surface area contributed by atoms with Crippen LogP contribution in [-0.2, 0) is 29.6 Å². The molecule has 1 aliphatic rings. The van der Waals surface area contributed by atoms with E-state index in [1.807, 2.05) is 152 Å². The molecule has 1 heterocycles. The van der Waals surface area contributed by atoms with Crippen LogP contribution in [0.4, 0.5) is 0 Å². The number of nitrogens with one attached hydrogen (secondary N) is 1. The molecular weight excluding hydrogens is 602 g/mol. The first-order valence-corrected chi connectivity index (χ1v) is 15.6. The molecule has 0 fully saturated rings.